The highest BCUT2D eigenvalue weighted by Crippen LogP contribution is 2.26. The normalized spacial score (nSPS) is 11.6. The summed E-state index contributed by atoms with van der Waals surface area (Å²) in [6.45, 7) is 0.697. The highest BCUT2D eigenvalue weighted by Gasteiger charge is 2.08. The van der Waals surface area contributed by atoms with Crippen molar-refractivity contribution in [3.8, 4) is 22.8 Å². The van der Waals surface area contributed by atoms with E-state index < -0.39 is 0 Å². The van der Waals surface area contributed by atoms with Crippen LogP contribution in [0.5, 0.6) is 11.5 Å². The quantitative estimate of drug-likeness (QED) is 0.455. The predicted octanol–water partition coefficient (Wildman–Crippen LogP) is 5.26. The summed E-state index contributed by atoms with van der Waals surface area (Å²) in [7, 11) is 3.32. The standard InChI is InChI=1S/C25H23NO3/c1-27-20-10-8-19(9-11-20)25-17-23(26-15-14-18-6-4-3-5-7-18)22-16-21(28-2)12-13-24(22)29-25/h3-13,16-17H,14-15H2,1-2H3. The Bertz CT molecular complexity index is 1160. The predicted molar refractivity (Wildman–Crippen MR) is 115 cm³/mol. The van der Waals surface area contributed by atoms with E-state index in [-0.39, 0.29) is 0 Å². The number of hydrogen-bond donors (Lipinski definition) is 0. The van der Waals surface area contributed by atoms with Crippen molar-refractivity contribution in [2.75, 3.05) is 20.8 Å². The molecule has 29 heavy (non-hydrogen) atoms. The fourth-order valence-corrected chi connectivity index (χ4v) is 3.25. The third-order valence-corrected chi connectivity index (χ3v) is 4.85. The summed E-state index contributed by atoms with van der Waals surface area (Å²) in [6, 6.07) is 26.0. The van der Waals surface area contributed by atoms with E-state index in [4.69, 9.17) is 18.9 Å². The molecule has 0 atom stereocenters. The van der Waals surface area contributed by atoms with Gasteiger partial charge in [0.25, 0.3) is 0 Å². The molecule has 146 valence electrons. The maximum absolute atomic E-state index is 6.17. The van der Waals surface area contributed by atoms with Crippen LogP contribution in [0, 0.1) is 0 Å². The lowest BCUT2D eigenvalue weighted by molar-refractivity contribution is 0.414. The minimum Gasteiger partial charge on any atom is -0.497 e. The number of fused-ring (bicyclic) bond motifs is 1. The molecule has 4 rings (SSSR count). The molecule has 0 aliphatic rings. The van der Waals surface area contributed by atoms with Crippen LogP contribution in [0.15, 0.2) is 88.3 Å². The van der Waals surface area contributed by atoms with Crippen LogP contribution in [0.2, 0.25) is 0 Å². The van der Waals surface area contributed by atoms with E-state index in [1.54, 1.807) is 14.2 Å². The molecule has 3 aromatic carbocycles. The van der Waals surface area contributed by atoms with Gasteiger partial charge in [-0.05, 0) is 54.4 Å². The highest BCUT2D eigenvalue weighted by molar-refractivity contribution is 5.80. The monoisotopic (exact) mass is 385 g/mol. The number of benzene rings is 3. The van der Waals surface area contributed by atoms with E-state index in [1.165, 1.54) is 5.56 Å². The number of hydrogen-bond acceptors (Lipinski definition) is 4. The van der Waals surface area contributed by atoms with Crippen molar-refractivity contribution in [3.05, 3.63) is 89.8 Å². The van der Waals surface area contributed by atoms with Gasteiger partial charge < -0.3 is 13.9 Å². The second-order valence-corrected chi connectivity index (χ2v) is 6.70. The Morgan fingerprint density at radius 1 is 0.793 bits per heavy atom. The van der Waals surface area contributed by atoms with Crippen LogP contribution in [-0.2, 0) is 6.42 Å². The molecule has 0 unspecified atom stereocenters. The van der Waals surface area contributed by atoms with Gasteiger partial charge in [-0.15, -0.1) is 0 Å². The molecule has 0 spiro atoms. The van der Waals surface area contributed by atoms with Crippen LogP contribution in [0.25, 0.3) is 22.3 Å². The fraction of sp³-hybridized carbons (Fsp3) is 0.160. The van der Waals surface area contributed by atoms with Crippen molar-refractivity contribution < 1.29 is 13.9 Å². The Labute approximate surface area is 170 Å². The van der Waals surface area contributed by atoms with E-state index in [1.807, 2.05) is 54.6 Å². The molecule has 0 N–H and O–H groups in total. The first-order chi connectivity index (χ1) is 14.3. The van der Waals surface area contributed by atoms with E-state index in [0.29, 0.717) is 6.54 Å². The SMILES string of the molecule is COc1ccc(-c2cc(=NCCc3ccccc3)c3cc(OC)ccc3o2)cc1. The molecule has 0 aliphatic carbocycles. The first kappa shape index (κ1) is 18.8. The molecule has 1 aromatic heterocycles. The zero-order valence-corrected chi connectivity index (χ0v) is 16.6. The molecule has 4 heteroatoms. The maximum Gasteiger partial charge on any atom is 0.137 e. The number of rotatable bonds is 6. The molecular formula is C25H23NO3. The third kappa shape index (κ3) is 4.32. The molecule has 0 saturated carbocycles. The molecule has 1 heterocycles. The first-order valence-electron chi connectivity index (χ1n) is 9.57. The lowest BCUT2D eigenvalue weighted by atomic mass is 10.1. The smallest absolute Gasteiger partial charge is 0.137 e. The van der Waals surface area contributed by atoms with Crippen molar-refractivity contribution in [2.45, 2.75) is 6.42 Å². The van der Waals surface area contributed by atoms with Gasteiger partial charge in [-0.2, -0.15) is 0 Å². The molecule has 4 aromatic rings. The number of nitrogens with zero attached hydrogens (tertiary/aromatic N) is 1. The van der Waals surface area contributed by atoms with Gasteiger partial charge >= 0.3 is 0 Å². The molecule has 4 nitrogen and oxygen atoms in total. The Morgan fingerprint density at radius 3 is 2.24 bits per heavy atom. The van der Waals surface area contributed by atoms with Crippen molar-refractivity contribution in [1.29, 1.82) is 0 Å². The number of methoxy groups -OCH3 is 2. The zero-order chi connectivity index (χ0) is 20.1. The van der Waals surface area contributed by atoms with Crippen LogP contribution in [0.3, 0.4) is 0 Å². The Balaban J connectivity index is 1.77. The van der Waals surface area contributed by atoms with Crippen molar-refractivity contribution >= 4 is 11.0 Å². The van der Waals surface area contributed by atoms with Gasteiger partial charge in [0.2, 0.25) is 0 Å². The maximum atomic E-state index is 6.17. The highest BCUT2D eigenvalue weighted by atomic mass is 16.5. The summed E-state index contributed by atoms with van der Waals surface area (Å²) in [4.78, 5) is 4.88. The molecule has 0 radical (unpaired) electrons. The second-order valence-electron chi connectivity index (χ2n) is 6.70. The Kier molecular flexibility index (Phi) is 5.61. The Morgan fingerprint density at radius 2 is 1.52 bits per heavy atom. The summed E-state index contributed by atoms with van der Waals surface area (Å²) in [5.74, 6) is 2.36. The zero-order valence-electron chi connectivity index (χ0n) is 16.6. The van der Waals surface area contributed by atoms with Crippen molar-refractivity contribution in [2.24, 2.45) is 4.99 Å². The van der Waals surface area contributed by atoms with Crippen LogP contribution in [-0.4, -0.2) is 20.8 Å². The van der Waals surface area contributed by atoms with Gasteiger partial charge in [0.05, 0.1) is 19.6 Å². The van der Waals surface area contributed by atoms with Gasteiger partial charge in [0.15, 0.2) is 0 Å². The molecule has 0 aliphatic heterocycles. The second kappa shape index (κ2) is 8.65. The van der Waals surface area contributed by atoms with Crippen LogP contribution >= 0.6 is 0 Å². The van der Waals surface area contributed by atoms with Crippen molar-refractivity contribution in [1.82, 2.24) is 0 Å². The average molecular weight is 385 g/mol. The third-order valence-electron chi connectivity index (χ3n) is 4.85. The molecule has 0 fully saturated rings. The molecule has 0 saturated heterocycles. The molecule has 0 bridgehead atoms. The minimum atomic E-state index is 0.697. The largest absolute Gasteiger partial charge is 0.497 e. The molecular weight excluding hydrogens is 362 g/mol. The van der Waals surface area contributed by atoms with Crippen molar-refractivity contribution in [3.63, 3.8) is 0 Å². The first-order valence-corrected chi connectivity index (χ1v) is 9.57. The summed E-state index contributed by atoms with van der Waals surface area (Å²) >= 11 is 0. The van der Waals surface area contributed by atoms with Gasteiger partial charge in [0.1, 0.15) is 22.8 Å². The topological polar surface area (TPSA) is 44.0 Å². The van der Waals surface area contributed by atoms with Crippen LogP contribution in [0.1, 0.15) is 5.56 Å². The van der Waals surface area contributed by atoms with E-state index >= 15 is 0 Å². The summed E-state index contributed by atoms with van der Waals surface area (Å²) in [6.07, 6.45) is 0.885. The fourth-order valence-electron chi connectivity index (χ4n) is 3.25. The summed E-state index contributed by atoms with van der Waals surface area (Å²) < 4.78 is 16.8. The van der Waals surface area contributed by atoms with E-state index in [2.05, 4.69) is 24.3 Å². The van der Waals surface area contributed by atoms with E-state index in [9.17, 15) is 0 Å². The lowest BCUT2D eigenvalue weighted by Gasteiger charge is -2.08. The molecule has 0 amide bonds. The van der Waals surface area contributed by atoms with E-state index in [0.717, 1.165) is 45.6 Å². The van der Waals surface area contributed by atoms with Gasteiger partial charge in [-0.1, -0.05) is 30.3 Å². The van der Waals surface area contributed by atoms with Gasteiger partial charge in [-0.25, -0.2) is 0 Å². The Hall–Kier alpha value is -3.53. The lowest BCUT2D eigenvalue weighted by Crippen LogP contribution is -2.06. The van der Waals surface area contributed by atoms with Crippen LogP contribution in [0.4, 0.5) is 0 Å². The van der Waals surface area contributed by atoms with Gasteiger partial charge in [0, 0.05) is 23.6 Å². The summed E-state index contributed by atoms with van der Waals surface area (Å²) in [5, 5.41) is 1.83. The average Bonchev–Trinajstić information content (AvgIpc) is 2.79. The minimum absolute atomic E-state index is 0.697. The van der Waals surface area contributed by atoms with Gasteiger partial charge in [-0.3, -0.25) is 4.99 Å². The van der Waals surface area contributed by atoms with Crippen LogP contribution < -0.4 is 14.8 Å². The number of ether oxygens (including phenoxy) is 2. The summed E-state index contributed by atoms with van der Waals surface area (Å²) in [5.41, 5.74) is 3.02.